The van der Waals surface area contributed by atoms with Crippen LogP contribution in [0.3, 0.4) is 0 Å². The number of nitrogens with one attached hydrogen (secondary N) is 1. The second kappa shape index (κ2) is 7.22. The van der Waals surface area contributed by atoms with E-state index in [0.717, 1.165) is 38.9 Å². The molecule has 0 saturated carbocycles. The van der Waals surface area contributed by atoms with Gasteiger partial charge in [-0.05, 0) is 41.8 Å². The Morgan fingerprint density at radius 3 is 2.60 bits per heavy atom. The number of hydrogen-bond donors (Lipinski definition) is 1. The predicted molar refractivity (Wildman–Crippen MR) is 115 cm³/mol. The molecule has 1 N–H and O–H groups in total. The van der Waals surface area contributed by atoms with Crippen LogP contribution in [0, 0.1) is 17.0 Å². The summed E-state index contributed by atoms with van der Waals surface area (Å²) in [6, 6.07) is 21.7. The lowest BCUT2D eigenvalue weighted by Crippen LogP contribution is -2.14. The number of nitro groups is 1. The highest BCUT2D eigenvalue weighted by Gasteiger charge is 2.29. The van der Waals surface area contributed by atoms with E-state index in [1.807, 2.05) is 73.7 Å². The molecule has 30 heavy (non-hydrogen) atoms. The molecule has 0 amide bonds. The molecule has 4 aromatic rings. The summed E-state index contributed by atoms with van der Waals surface area (Å²) in [6.45, 7) is 1.98. The zero-order valence-corrected chi connectivity index (χ0v) is 16.4. The molecule has 0 saturated heterocycles. The molecule has 0 aliphatic carbocycles. The molecule has 1 aromatic heterocycles. The van der Waals surface area contributed by atoms with E-state index < -0.39 is 5.92 Å². The monoisotopic (exact) mass is 400 g/mol. The van der Waals surface area contributed by atoms with Crippen LogP contribution in [0.4, 0.5) is 0 Å². The van der Waals surface area contributed by atoms with Crippen molar-refractivity contribution in [2.45, 2.75) is 12.8 Å². The molecule has 6 nitrogen and oxygen atoms in total. The number of H-pyrrole nitrogens is 1. The normalized spacial score (nSPS) is 13.5. The second-order valence-corrected chi connectivity index (χ2v) is 7.51. The third kappa shape index (κ3) is 3.16. The zero-order valence-electron chi connectivity index (χ0n) is 16.4. The van der Waals surface area contributed by atoms with Crippen molar-refractivity contribution < 1.29 is 14.4 Å². The van der Waals surface area contributed by atoms with E-state index in [2.05, 4.69) is 4.98 Å². The summed E-state index contributed by atoms with van der Waals surface area (Å²) in [7, 11) is 0. The van der Waals surface area contributed by atoms with Gasteiger partial charge in [0, 0.05) is 15.8 Å². The van der Waals surface area contributed by atoms with Crippen LogP contribution in [0.1, 0.15) is 22.6 Å². The van der Waals surface area contributed by atoms with Crippen LogP contribution in [-0.2, 0) is 0 Å². The number of aromatic amines is 1. The van der Waals surface area contributed by atoms with Gasteiger partial charge >= 0.3 is 0 Å². The average Bonchev–Trinajstić information content (AvgIpc) is 3.36. The highest BCUT2D eigenvalue weighted by atomic mass is 16.7. The molecule has 5 rings (SSSR count). The van der Waals surface area contributed by atoms with E-state index in [4.69, 9.17) is 9.47 Å². The first-order chi connectivity index (χ1) is 14.6. The maximum Gasteiger partial charge on any atom is 0.231 e. The molecule has 0 spiro atoms. The summed E-state index contributed by atoms with van der Waals surface area (Å²) in [4.78, 5) is 14.9. The Morgan fingerprint density at radius 1 is 1.03 bits per heavy atom. The van der Waals surface area contributed by atoms with Crippen molar-refractivity contribution in [3.63, 3.8) is 0 Å². The van der Waals surface area contributed by atoms with Crippen molar-refractivity contribution in [3.8, 4) is 22.8 Å². The quantitative estimate of drug-likeness (QED) is 0.365. The number of hydrogen-bond acceptors (Lipinski definition) is 4. The minimum absolute atomic E-state index is 0.167. The number of para-hydroxylation sites is 1. The Hall–Kier alpha value is -3.80. The Kier molecular flexibility index (Phi) is 4.39. The second-order valence-electron chi connectivity index (χ2n) is 7.51. The fourth-order valence-electron chi connectivity index (χ4n) is 4.12. The van der Waals surface area contributed by atoms with E-state index in [9.17, 15) is 10.1 Å². The molecule has 0 bridgehead atoms. The molecule has 2 heterocycles. The Balaban J connectivity index is 1.74. The maximum atomic E-state index is 11.7. The van der Waals surface area contributed by atoms with Crippen LogP contribution >= 0.6 is 0 Å². The first-order valence-corrected chi connectivity index (χ1v) is 9.79. The van der Waals surface area contributed by atoms with Gasteiger partial charge in [0.2, 0.25) is 13.3 Å². The number of nitrogens with zero attached hydrogens (tertiary/aromatic N) is 1. The summed E-state index contributed by atoms with van der Waals surface area (Å²) >= 11 is 0. The molecular formula is C24H20N2O4. The number of fused-ring (bicyclic) bond motifs is 2. The van der Waals surface area contributed by atoms with Crippen LogP contribution in [0.2, 0.25) is 0 Å². The SMILES string of the molecule is Cc1ccc(-c2[nH]c3ccccc3c2[C@H](C[N+](=O)[O-])c2ccc3c(c2)OCO3)cc1. The molecule has 1 aliphatic rings. The Bertz CT molecular complexity index is 1240. The van der Waals surface area contributed by atoms with Gasteiger partial charge in [0.15, 0.2) is 11.5 Å². The molecule has 1 aliphatic heterocycles. The van der Waals surface area contributed by atoms with Crippen molar-refractivity contribution in [1.82, 2.24) is 4.98 Å². The number of aromatic nitrogens is 1. The summed E-state index contributed by atoms with van der Waals surface area (Å²) in [5.41, 5.74) is 5.77. The minimum atomic E-state index is -0.443. The van der Waals surface area contributed by atoms with Crippen LogP contribution in [0.15, 0.2) is 66.7 Å². The van der Waals surface area contributed by atoms with Gasteiger partial charge in [-0.15, -0.1) is 0 Å². The van der Waals surface area contributed by atoms with Crippen molar-refractivity contribution in [3.05, 3.63) is 93.5 Å². The molecule has 0 radical (unpaired) electrons. The highest BCUT2D eigenvalue weighted by Crippen LogP contribution is 2.42. The molecule has 3 aromatic carbocycles. The first kappa shape index (κ1) is 18.2. The first-order valence-electron chi connectivity index (χ1n) is 9.79. The van der Waals surface area contributed by atoms with Gasteiger partial charge in [0.05, 0.1) is 11.6 Å². The zero-order chi connectivity index (χ0) is 20.7. The van der Waals surface area contributed by atoms with Crippen molar-refractivity contribution >= 4 is 10.9 Å². The summed E-state index contributed by atoms with van der Waals surface area (Å²) in [5, 5.41) is 12.7. The van der Waals surface area contributed by atoms with E-state index in [1.54, 1.807) is 0 Å². The van der Waals surface area contributed by atoms with Crippen LogP contribution in [-0.4, -0.2) is 23.2 Å². The van der Waals surface area contributed by atoms with E-state index in [1.165, 1.54) is 0 Å². The molecule has 6 heteroatoms. The lowest BCUT2D eigenvalue weighted by atomic mass is 9.87. The van der Waals surface area contributed by atoms with Crippen molar-refractivity contribution in [2.24, 2.45) is 0 Å². The van der Waals surface area contributed by atoms with Gasteiger partial charge in [0.25, 0.3) is 0 Å². The summed E-state index contributed by atoms with van der Waals surface area (Å²) in [5.74, 6) is 0.843. The number of aryl methyl sites for hydroxylation is 1. The fraction of sp³-hybridized carbons (Fsp3) is 0.167. The third-order valence-electron chi connectivity index (χ3n) is 5.57. The van der Waals surface area contributed by atoms with Crippen LogP contribution < -0.4 is 9.47 Å². The summed E-state index contributed by atoms with van der Waals surface area (Å²) in [6.07, 6.45) is 0. The van der Waals surface area contributed by atoms with Crippen LogP contribution in [0.25, 0.3) is 22.2 Å². The molecule has 1 atom stereocenters. The minimum Gasteiger partial charge on any atom is -0.454 e. The van der Waals surface area contributed by atoms with E-state index in [-0.39, 0.29) is 18.3 Å². The van der Waals surface area contributed by atoms with Gasteiger partial charge in [0.1, 0.15) is 0 Å². The van der Waals surface area contributed by atoms with Gasteiger partial charge in [-0.3, -0.25) is 10.1 Å². The van der Waals surface area contributed by atoms with E-state index >= 15 is 0 Å². The lowest BCUT2D eigenvalue weighted by Gasteiger charge is -2.16. The largest absolute Gasteiger partial charge is 0.454 e. The molecule has 150 valence electrons. The van der Waals surface area contributed by atoms with Gasteiger partial charge in [-0.2, -0.15) is 0 Å². The van der Waals surface area contributed by atoms with Crippen LogP contribution in [0.5, 0.6) is 11.5 Å². The predicted octanol–water partition coefficient (Wildman–Crippen LogP) is 5.28. The summed E-state index contributed by atoms with van der Waals surface area (Å²) < 4.78 is 10.9. The average molecular weight is 400 g/mol. The van der Waals surface area contributed by atoms with E-state index in [0.29, 0.717) is 11.5 Å². The smallest absolute Gasteiger partial charge is 0.231 e. The Labute approximate surface area is 173 Å². The van der Waals surface area contributed by atoms with Crippen molar-refractivity contribution in [1.29, 1.82) is 0 Å². The molecular weight excluding hydrogens is 380 g/mol. The Morgan fingerprint density at radius 2 is 1.80 bits per heavy atom. The van der Waals surface area contributed by atoms with Gasteiger partial charge in [-0.25, -0.2) is 0 Å². The molecule has 0 unspecified atom stereocenters. The number of rotatable bonds is 5. The number of ether oxygens (including phenoxy) is 2. The molecule has 0 fully saturated rings. The van der Waals surface area contributed by atoms with Gasteiger partial charge in [-0.1, -0.05) is 54.1 Å². The topological polar surface area (TPSA) is 77.4 Å². The number of benzene rings is 3. The maximum absolute atomic E-state index is 11.7. The standard InChI is InChI=1S/C24H20N2O4/c1-15-6-8-16(9-7-15)24-23(18-4-2-3-5-20(18)25-24)19(13-26(27)28)17-10-11-21-22(12-17)30-14-29-21/h2-12,19,25H,13-14H2,1H3/t19-/m1/s1. The highest BCUT2D eigenvalue weighted by molar-refractivity contribution is 5.92. The van der Waals surface area contributed by atoms with Crippen molar-refractivity contribution in [2.75, 3.05) is 13.3 Å². The fourth-order valence-corrected chi connectivity index (χ4v) is 4.12. The lowest BCUT2D eigenvalue weighted by molar-refractivity contribution is -0.481. The van der Waals surface area contributed by atoms with Gasteiger partial charge < -0.3 is 14.5 Å². The third-order valence-corrected chi connectivity index (χ3v) is 5.57.